The van der Waals surface area contributed by atoms with Crippen LogP contribution in [-0.2, 0) is 9.59 Å². The second-order valence-electron chi connectivity index (χ2n) is 6.45. The van der Waals surface area contributed by atoms with Crippen LogP contribution in [0.3, 0.4) is 0 Å². The van der Waals surface area contributed by atoms with Gasteiger partial charge in [-0.25, -0.2) is 0 Å². The number of benzene rings is 1. The zero-order valence-electron chi connectivity index (χ0n) is 14.7. The molecule has 0 unspecified atom stereocenters. The molecule has 7 heteroatoms. The maximum Gasteiger partial charge on any atom is 0.251 e. The Labute approximate surface area is 153 Å². The lowest BCUT2D eigenvalue weighted by Crippen LogP contribution is -2.40. The molecular formula is C19H24N4O3. The molecule has 0 radical (unpaired) electrons. The molecule has 0 bridgehead atoms. The molecule has 3 N–H and O–H groups in total. The highest BCUT2D eigenvalue weighted by atomic mass is 16.2. The molecule has 3 amide bonds. The van der Waals surface area contributed by atoms with E-state index in [1.807, 2.05) is 12.1 Å². The van der Waals surface area contributed by atoms with Crippen LogP contribution in [0.5, 0.6) is 0 Å². The second-order valence-corrected chi connectivity index (χ2v) is 6.45. The van der Waals surface area contributed by atoms with Crippen LogP contribution >= 0.6 is 0 Å². The largest absolute Gasteiger partial charge is 0.354 e. The average Bonchev–Trinajstić information content (AvgIpc) is 2.69. The summed E-state index contributed by atoms with van der Waals surface area (Å²) in [6.07, 6.45) is 3.26. The van der Waals surface area contributed by atoms with E-state index in [-0.39, 0.29) is 36.7 Å². The molecule has 0 spiro atoms. The van der Waals surface area contributed by atoms with Crippen LogP contribution in [0.15, 0.2) is 30.3 Å². The number of nitrogens with zero attached hydrogens (tertiary/aromatic N) is 1. The van der Waals surface area contributed by atoms with Crippen LogP contribution < -0.4 is 16.0 Å². The standard InChI is InChI=1S/C19H24N4O3/c20-10-11-21-18(25)16-8-6-14(7-9-16)12-22-17(24)13-23-19(26)15-4-2-1-3-5-15/h1-5,14,16H,6-9,11-13H2,(H,21,25)(H,22,24)(H,23,26). The van der Waals surface area contributed by atoms with Crippen LogP contribution in [-0.4, -0.2) is 37.4 Å². The predicted molar refractivity (Wildman–Crippen MR) is 95.9 cm³/mol. The molecule has 1 aliphatic carbocycles. The molecule has 0 atom stereocenters. The van der Waals surface area contributed by atoms with Gasteiger partial charge in [0.25, 0.3) is 5.91 Å². The lowest BCUT2D eigenvalue weighted by Gasteiger charge is -2.27. The lowest BCUT2D eigenvalue weighted by atomic mass is 9.81. The van der Waals surface area contributed by atoms with Gasteiger partial charge >= 0.3 is 0 Å². The van der Waals surface area contributed by atoms with Crippen molar-refractivity contribution < 1.29 is 14.4 Å². The fourth-order valence-electron chi connectivity index (χ4n) is 3.07. The topological polar surface area (TPSA) is 111 Å². The number of carbonyl (C=O) groups is 3. The maximum absolute atomic E-state index is 11.9. The monoisotopic (exact) mass is 356 g/mol. The summed E-state index contributed by atoms with van der Waals surface area (Å²) in [5.74, 6) is -0.255. The Balaban J connectivity index is 1.62. The molecule has 0 aliphatic heterocycles. The molecule has 26 heavy (non-hydrogen) atoms. The zero-order valence-corrected chi connectivity index (χ0v) is 14.7. The van der Waals surface area contributed by atoms with E-state index < -0.39 is 0 Å². The summed E-state index contributed by atoms with van der Waals surface area (Å²) in [4.78, 5) is 35.6. The van der Waals surface area contributed by atoms with Gasteiger partial charge in [-0.05, 0) is 43.7 Å². The third-order valence-corrected chi connectivity index (χ3v) is 4.59. The first kappa shape index (κ1) is 19.4. The van der Waals surface area contributed by atoms with Crippen LogP contribution in [0, 0.1) is 23.2 Å². The quantitative estimate of drug-likeness (QED) is 0.632. The number of carbonyl (C=O) groups excluding carboxylic acids is 3. The zero-order chi connectivity index (χ0) is 18.8. The lowest BCUT2D eigenvalue weighted by molar-refractivity contribution is -0.126. The molecule has 0 heterocycles. The summed E-state index contributed by atoms with van der Waals surface area (Å²) in [5, 5.41) is 16.5. The van der Waals surface area contributed by atoms with Gasteiger partial charge in [-0.3, -0.25) is 14.4 Å². The van der Waals surface area contributed by atoms with Gasteiger partial charge in [-0.2, -0.15) is 5.26 Å². The van der Waals surface area contributed by atoms with Gasteiger partial charge in [0.05, 0.1) is 12.6 Å². The molecule has 2 rings (SSSR count). The molecule has 1 saturated carbocycles. The number of hydrogen-bond acceptors (Lipinski definition) is 4. The summed E-state index contributed by atoms with van der Waals surface area (Å²) < 4.78 is 0. The van der Waals surface area contributed by atoms with Crippen LogP contribution in [0.1, 0.15) is 36.0 Å². The molecule has 0 saturated heterocycles. The van der Waals surface area contributed by atoms with E-state index in [0.29, 0.717) is 18.0 Å². The van der Waals surface area contributed by atoms with E-state index in [1.54, 1.807) is 24.3 Å². The Morgan fingerprint density at radius 2 is 1.69 bits per heavy atom. The minimum absolute atomic E-state index is 0.0412. The summed E-state index contributed by atoms with van der Waals surface area (Å²) in [7, 11) is 0. The highest BCUT2D eigenvalue weighted by molar-refractivity contribution is 5.96. The first-order chi connectivity index (χ1) is 12.6. The minimum atomic E-state index is -0.273. The molecule has 1 aromatic rings. The SMILES string of the molecule is N#CCNC(=O)C1CCC(CNC(=O)CNC(=O)c2ccccc2)CC1. The van der Waals surface area contributed by atoms with E-state index in [4.69, 9.17) is 5.26 Å². The molecule has 138 valence electrons. The van der Waals surface area contributed by atoms with Crippen molar-refractivity contribution in [2.75, 3.05) is 19.6 Å². The fraction of sp³-hybridized carbons (Fsp3) is 0.474. The number of hydrogen-bond donors (Lipinski definition) is 3. The normalized spacial score (nSPS) is 19.0. The third kappa shape index (κ3) is 6.20. The Morgan fingerprint density at radius 3 is 2.35 bits per heavy atom. The smallest absolute Gasteiger partial charge is 0.251 e. The van der Waals surface area contributed by atoms with E-state index >= 15 is 0 Å². The number of amides is 3. The molecule has 7 nitrogen and oxygen atoms in total. The first-order valence-electron chi connectivity index (χ1n) is 8.84. The number of nitriles is 1. The van der Waals surface area contributed by atoms with Crippen molar-refractivity contribution in [3.63, 3.8) is 0 Å². The summed E-state index contributed by atoms with van der Waals surface area (Å²) in [6, 6.07) is 10.7. The molecule has 1 aromatic carbocycles. The Kier molecular flexibility index (Phi) is 7.62. The van der Waals surface area contributed by atoms with Gasteiger partial charge in [0.2, 0.25) is 11.8 Å². The highest BCUT2D eigenvalue weighted by Crippen LogP contribution is 2.28. The molecule has 1 aliphatic rings. The highest BCUT2D eigenvalue weighted by Gasteiger charge is 2.26. The number of rotatable bonds is 7. The van der Waals surface area contributed by atoms with Gasteiger partial charge in [0, 0.05) is 18.0 Å². The van der Waals surface area contributed by atoms with Crippen molar-refractivity contribution in [1.29, 1.82) is 5.26 Å². The molecule has 0 aromatic heterocycles. The molecular weight excluding hydrogens is 332 g/mol. The van der Waals surface area contributed by atoms with Gasteiger partial charge in [-0.1, -0.05) is 18.2 Å². The first-order valence-corrected chi connectivity index (χ1v) is 8.84. The van der Waals surface area contributed by atoms with E-state index in [2.05, 4.69) is 16.0 Å². The van der Waals surface area contributed by atoms with Crippen molar-refractivity contribution in [3.05, 3.63) is 35.9 Å². The number of nitrogens with one attached hydrogen (secondary N) is 3. The van der Waals surface area contributed by atoms with Gasteiger partial charge < -0.3 is 16.0 Å². The molecule has 1 fully saturated rings. The second kappa shape index (κ2) is 10.2. The van der Waals surface area contributed by atoms with Crippen molar-refractivity contribution in [2.24, 2.45) is 11.8 Å². The van der Waals surface area contributed by atoms with Crippen molar-refractivity contribution in [2.45, 2.75) is 25.7 Å². The van der Waals surface area contributed by atoms with Crippen LogP contribution in [0.25, 0.3) is 0 Å². The average molecular weight is 356 g/mol. The fourth-order valence-corrected chi connectivity index (χ4v) is 3.07. The summed E-state index contributed by atoms with van der Waals surface area (Å²) >= 11 is 0. The van der Waals surface area contributed by atoms with E-state index in [9.17, 15) is 14.4 Å². The van der Waals surface area contributed by atoms with Crippen LogP contribution in [0.2, 0.25) is 0 Å². The van der Waals surface area contributed by atoms with E-state index in [1.165, 1.54) is 0 Å². The van der Waals surface area contributed by atoms with Gasteiger partial charge in [0.15, 0.2) is 0 Å². The van der Waals surface area contributed by atoms with Gasteiger partial charge in [0.1, 0.15) is 6.54 Å². The van der Waals surface area contributed by atoms with Crippen LogP contribution in [0.4, 0.5) is 0 Å². The van der Waals surface area contributed by atoms with Crippen molar-refractivity contribution in [3.8, 4) is 6.07 Å². The summed E-state index contributed by atoms with van der Waals surface area (Å²) in [6.45, 7) is 0.537. The Bertz CT molecular complexity index is 661. The van der Waals surface area contributed by atoms with Gasteiger partial charge in [-0.15, -0.1) is 0 Å². The summed E-state index contributed by atoms with van der Waals surface area (Å²) in [5.41, 5.74) is 0.522. The maximum atomic E-state index is 11.9. The Morgan fingerprint density at radius 1 is 1.00 bits per heavy atom. The van der Waals surface area contributed by atoms with Crippen molar-refractivity contribution in [1.82, 2.24) is 16.0 Å². The predicted octanol–water partition coefficient (Wildman–Crippen LogP) is 0.979. The third-order valence-electron chi connectivity index (χ3n) is 4.59. The van der Waals surface area contributed by atoms with E-state index in [0.717, 1.165) is 25.7 Å². The van der Waals surface area contributed by atoms with Crippen molar-refractivity contribution >= 4 is 17.7 Å². The minimum Gasteiger partial charge on any atom is -0.354 e. The Hall–Kier alpha value is -2.88.